The SMILES string of the molecule is O=C1c2ccc(Cl)cc2C(=O)N1CCS. The van der Waals surface area contributed by atoms with Gasteiger partial charge in [0, 0.05) is 17.3 Å². The van der Waals surface area contributed by atoms with Crippen LogP contribution in [0.4, 0.5) is 0 Å². The van der Waals surface area contributed by atoms with Gasteiger partial charge in [0.05, 0.1) is 11.1 Å². The minimum atomic E-state index is -0.286. The van der Waals surface area contributed by atoms with Crippen molar-refractivity contribution in [2.24, 2.45) is 0 Å². The third-order valence-corrected chi connectivity index (χ3v) is 2.69. The summed E-state index contributed by atoms with van der Waals surface area (Å²) in [7, 11) is 0. The molecule has 0 unspecified atom stereocenters. The Bertz CT molecular complexity index is 447. The van der Waals surface area contributed by atoms with Gasteiger partial charge in [0.1, 0.15) is 0 Å². The van der Waals surface area contributed by atoms with Crippen LogP contribution in [0.1, 0.15) is 20.7 Å². The van der Waals surface area contributed by atoms with Crippen molar-refractivity contribution in [2.45, 2.75) is 0 Å². The molecule has 0 radical (unpaired) electrons. The summed E-state index contributed by atoms with van der Waals surface area (Å²) >= 11 is 9.77. The molecule has 5 heteroatoms. The van der Waals surface area contributed by atoms with Crippen molar-refractivity contribution in [2.75, 3.05) is 12.3 Å². The van der Waals surface area contributed by atoms with Crippen molar-refractivity contribution in [1.82, 2.24) is 4.90 Å². The van der Waals surface area contributed by atoms with E-state index in [1.165, 1.54) is 11.0 Å². The van der Waals surface area contributed by atoms with Crippen LogP contribution in [-0.4, -0.2) is 29.0 Å². The first-order chi connectivity index (χ1) is 7.15. The zero-order valence-electron chi connectivity index (χ0n) is 7.74. The topological polar surface area (TPSA) is 37.4 Å². The Hall–Kier alpha value is -1.00. The van der Waals surface area contributed by atoms with Crippen LogP contribution in [-0.2, 0) is 0 Å². The Kier molecular flexibility index (Phi) is 2.71. The summed E-state index contributed by atoms with van der Waals surface area (Å²) in [5.74, 6) is -0.0913. The number of halogens is 1. The van der Waals surface area contributed by atoms with Gasteiger partial charge < -0.3 is 0 Å². The Morgan fingerprint density at radius 3 is 2.53 bits per heavy atom. The summed E-state index contributed by atoms with van der Waals surface area (Å²) in [6.45, 7) is 0.326. The number of amides is 2. The molecule has 2 rings (SSSR count). The van der Waals surface area contributed by atoms with E-state index in [4.69, 9.17) is 11.6 Å². The second-order valence-corrected chi connectivity index (χ2v) is 4.06. The second-order valence-electron chi connectivity index (χ2n) is 3.18. The monoisotopic (exact) mass is 241 g/mol. The average molecular weight is 242 g/mol. The molecule has 0 saturated carbocycles. The highest BCUT2D eigenvalue weighted by Gasteiger charge is 2.34. The first-order valence-corrected chi connectivity index (χ1v) is 5.43. The minimum Gasteiger partial charge on any atom is -0.274 e. The Morgan fingerprint density at radius 1 is 1.20 bits per heavy atom. The number of nitrogens with zero attached hydrogens (tertiary/aromatic N) is 1. The summed E-state index contributed by atoms with van der Waals surface area (Å²) in [6.07, 6.45) is 0. The van der Waals surface area contributed by atoms with Crippen molar-refractivity contribution >= 4 is 36.0 Å². The Morgan fingerprint density at radius 2 is 1.87 bits per heavy atom. The molecule has 0 aliphatic carbocycles. The molecule has 15 heavy (non-hydrogen) atoms. The van der Waals surface area contributed by atoms with E-state index in [0.29, 0.717) is 28.4 Å². The van der Waals surface area contributed by atoms with Gasteiger partial charge in [-0.15, -0.1) is 0 Å². The fraction of sp³-hybridized carbons (Fsp3) is 0.200. The van der Waals surface area contributed by atoms with Crippen LogP contribution in [0.25, 0.3) is 0 Å². The molecule has 0 N–H and O–H groups in total. The molecular weight excluding hydrogens is 234 g/mol. The molecule has 0 saturated heterocycles. The molecule has 0 bridgehead atoms. The first kappa shape index (κ1) is 10.5. The van der Waals surface area contributed by atoms with Gasteiger partial charge in [-0.05, 0) is 18.2 Å². The van der Waals surface area contributed by atoms with Crippen molar-refractivity contribution in [3.8, 4) is 0 Å². The number of carbonyl (C=O) groups is 2. The number of thiol groups is 1. The predicted octanol–water partition coefficient (Wildman–Crippen LogP) is 1.87. The smallest absolute Gasteiger partial charge is 0.261 e. The van der Waals surface area contributed by atoms with E-state index in [9.17, 15) is 9.59 Å². The number of rotatable bonds is 2. The zero-order valence-corrected chi connectivity index (χ0v) is 9.39. The van der Waals surface area contributed by atoms with E-state index in [1.807, 2.05) is 0 Å². The van der Waals surface area contributed by atoms with Gasteiger partial charge in [-0.1, -0.05) is 11.6 Å². The fourth-order valence-corrected chi connectivity index (χ4v) is 1.94. The van der Waals surface area contributed by atoms with Gasteiger partial charge >= 0.3 is 0 Å². The maximum atomic E-state index is 11.8. The van der Waals surface area contributed by atoms with E-state index in [2.05, 4.69) is 12.6 Å². The predicted molar refractivity (Wildman–Crippen MR) is 60.7 cm³/mol. The average Bonchev–Trinajstić information content (AvgIpc) is 2.44. The van der Waals surface area contributed by atoms with Crippen molar-refractivity contribution in [3.63, 3.8) is 0 Å². The van der Waals surface area contributed by atoms with Crippen LogP contribution in [0.5, 0.6) is 0 Å². The molecule has 0 spiro atoms. The Balaban J connectivity index is 2.46. The van der Waals surface area contributed by atoms with Gasteiger partial charge in [-0.2, -0.15) is 12.6 Å². The van der Waals surface area contributed by atoms with Gasteiger partial charge in [0.2, 0.25) is 0 Å². The van der Waals surface area contributed by atoms with Crippen LogP contribution in [0, 0.1) is 0 Å². The summed E-state index contributed by atoms with van der Waals surface area (Å²) < 4.78 is 0. The Labute approximate surface area is 97.4 Å². The van der Waals surface area contributed by atoms with E-state index in [1.54, 1.807) is 12.1 Å². The highest BCUT2D eigenvalue weighted by atomic mass is 35.5. The van der Waals surface area contributed by atoms with E-state index >= 15 is 0 Å². The molecular formula is C10H8ClNO2S. The van der Waals surface area contributed by atoms with Crippen LogP contribution >= 0.6 is 24.2 Å². The normalized spacial score (nSPS) is 14.7. The largest absolute Gasteiger partial charge is 0.274 e. The summed E-state index contributed by atoms with van der Waals surface area (Å²) in [5, 5.41) is 0.461. The maximum absolute atomic E-state index is 11.8. The summed E-state index contributed by atoms with van der Waals surface area (Å²) in [6, 6.07) is 4.71. The van der Waals surface area contributed by atoms with Crippen LogP contribution in [0.3, 0.4) is 0 Å². The quantitative estimate of drug-likeness (QED) is 0.634. The fourth-order valence-electron chi connectivity index (χ4n) is 1.57. The number of benzene rings is 1. The molecule has 1 aliphatic heterocycles. The summed E-state index contributed by atoms with van der Waals surface area (Å²) in [4.78, 5) is 24.7. The standard InChI is InChI=1S/C10H8ClNO2S/c11-6-1-2-7-8(5-6)10(14)12(3-4-15)9(7)13/h1-2,5,15H,3-4H2. The van der Waals surface area contributed by atoms with Gasteiger partial charge in [-0.25, -0.2) is 0 Å². The third-order valence-electron chi connectivity index (χ3n) is 2.26. The van der Waals surface area contributed by atoms with Crippen LogP contribution in [0.2, 0.25) is 5.02 Å². The molecule has 1 aromatic rings. The maximum Gasteiger partial charge on any atom is 0.261 e. The molecule has 1 aromatic carbocycles. The lowest BCUT2D eigenvalue weighted by atomic mass is 10.1. The minimum absolute atomic E-state index is 0.263. The molecule has 0 fully saturated rings. The zero-order chi connectivity index (χ0) is 11.0. The lowest BCUT2D eigenvalue weighted by molar-refractivity contribution is 0.0664. The number of imide groups is 1. The molecule has 1 heterocycles. The number of carbonyl (C=O) groups excluding carboxylic acids is 2. The van der Waals surface area contributed by atoms with E-state index in [0.717, 1.165) is 0 Å². The third kappa shape index (κ3) is 1.64. The number of hydrogen-bond acceptors (Lipinski definition) is 3. The lowest BCUT2D eigenvalue weighted by Gasteiger charge is -2.10. The van der Waals surface area contributed by atoms with Crippen LogP contribution < -0.4 is 0 Å². The number of fused-ring (bicyclic) bond motifs is 1. The van der Waals surface area contributed by atoms with Crippen molar-refractivity contribution in [3.05, 3.63) is 34.3 Å². The van der Waals surface area contributed by atoms with Gasteiger partial charge in [0.15, 0.2) is 0 Å². The number of hydrogen-bond donors (Lipinski definition) is 1. The molecule has 2 amide bonds. The summed E-state index contributed by atoms with van der Waals surface area (Å²) in [5.41, 5.74) is 0.806. The van der Waals surface area contributed by atoms with Crippen molar-refractivity contribution in [1.29, 1.82) is 0 Å². The highest BCUT2D eigenvalue weighted by molar-refractivity contribution is 7.80. The molecule has 0 atom stereocenters. The van der Waals surface area contributed by atoms with Gasteiger partial charge in [0.25, 0.3) is 11.8 Å². The lowest BCUT2D eigenvalue weighted by Crippen LogP contribution is -2.31. The molecule has 0 aromatic heterocycles. The molecule has 1 aliphatic rings. The van der Waals surface area contributed by atoms with E-state index < -0.39 is 0 Å². The van der Waals surface area contributed by atoms with Crippen LogP contribution in [0.15, 0.2) is 18.2 Å². The molecule has 78 valence electrons. The molecule has 3 nitrogen and oxygen atoms in total. The first-order valence-electron chi connectivity index (χ1n) is 4.41. The second kappa shape index (κ2) is 3.87. The van der Waals surface area contributed by atoms with Gasteiger partial charge in [-0.3, -0.25) is 14.5 Å². The van der Waals surface area contributed by atoms with E-state index in [-0.39, 0.29) is 11.8 Å². The highest BCUT2D eigenvalue weighted by Crippen LogP contribution is 2.25. The van der Waals surface area contributed by atoms with Crippen molar-refractivity contribution < 1.29 is 9.59 Å².